The summed E-state index contributed by atoms with van der Waals surface area (Å²) in [5, 5.41) is 9.72. The molecule has 30 heavy (non-hydrogen) atoms. The summed E-state index contributed by atoms with van der Waals surface area (Å²) >= 11 is 0. The zero-order chi connectivity index (χ0) is 21.5. The number of hydrogen-bond acceptors (Lipinski definition) is 3. The molecule has 0 aromatic heterocycles. The molecule has 3 nitrogen and oxygen atoms in total. The summed E-state index contributed by atoms with van der Waals surface area (Å²) in [5.41, 5.74) is 6.60. The lowest BCUT2D eigenvalue weighted by atomic mass is 9.80. The van der Waals surface area contributed by atoms with Crippen LogP contribution >= 0.6 is 0 Å². The van der Waals surface area contributed by atoms with E-state index >= 15 is 0 Å². The Morgan fingerprint density at radius 1 is 1.07 bits per heavy atom. The Bertz CT molecular complexity index is 1110. The number of likely N-dealkylation sites (N-methyl/N-ethyl adjacent to an activating group) is 1. The number of nitrogens with zero attached hydrogens (tertiary/aromatic N) is 3. The normalized spacial score (nSPS) is 21.3. The molecule has 0 saturated carbocycles. The molecule has 2 aliphatic rings. The van der Waals surface area contributed by atoms with E-state index in [1.54, 1.807) is 0 Å². The highest BCUT2D eigenvalue weighted by Crippen LogP contribution is 2.45. The van der Waals surface area contributed by atoms with E-state index in [4.69, 9.17) is 4.99 Å². The van der Waals surface area contributed by atoms with Crippen LogP contribution in [-0.2, 0) is 10.8 Å². The highest BCUT2D eigenvalue weighted by molar-refractivity contribution is 6.02. The van der Waals surface area contributed by atoms with Crippen molar-refractivity contribution in [1.29, 1.82) is 5.26 Å². The summed E-state index contributed by atoms with van der Waals surface area (Å²) in [5.74, 6) is 0. The standard InChI is InChI=1S/C27H29N3/c1-26(2)20-10-6-8-12-22(20)29-24(26)16-14-19(18-28)15-17-25-27(3,4)21-11-7-9-13-23(21)30(25)5/h6-15,17,25H,16H2,1-5H3. The van der Waals surface area contributed by atoms with E-state index in [1.165, 1.54) is 16.8 Å². The lowest BCUT2D eigenvalue weighted by molar-refractivity contribution is 0.488. The van der Waals surface area contributed by atoms with E-state index in [9.17, 15) is 5.26 Å². The van der Waals surface area contributed by atoms with E-state index in [0.29, 0.717) is 12.0 Å². The van der Waals surface area contributed by atoms with Crippen molar-refractivity contribution in [3.05, 3.63) is 83.5 Å². The maximum absolute atomic E-state index is 9.72. The lowest BCUT2D eigenvalue weighted by Crippen LogP contribution is -2.37. The zero-order valence-corrected chi connectivity index (χ0v) is 18.5. The van der Waals surface area contributed by atoms with Gasteiger partial charge in [-0.25, -0.2) is 0 Å². The molecule has 4 rings (SSSR count). The molecule has 1 unspecified atom stereocenters. The number of para-hydroxylation sites is 2. The number of aliphatic imine (C=N–C) groups is 1. The minimum Gasteiger partial charge on any atom is -0.367 e. The molecule has 1 atom stereocenters. The topological polar surface area (TPSA) is 39.4 Å². The van der Waals surface area contributed by atoms with Crippen molar-refractivity contribution in [2.24, 2.45) is 4.99 Å². The summed E-state index contributed by atoms with van der Waals surface area (Å²) in [7, 11) is 2.13. The van der Waals surface area contributed by atoms with Gasteiger partial charge in [0.1, 0.15) is 0 Å². The first-order valence-electron chi connectivity index (χ1n) is 10.5. The number of hydrogen-bond donors (Lipinski definition) is 0. The predicted octanol–water partition coefficient (Wildman–Crippen LogP) is 6.24. The van der Waals surface area contributed by atoms with Gasteiger partial charge in [-0.1, -0.05) is 76.2 Å². The molecule has 0 N–H and O–H groups in total. The third-order valence-electron chi connectivity index (χ3n) is 6.79. The Labute approximate surface area is 180 Å². The van der Waals surface area contributed by atoms with Gasteiger partial charge < -0.3 is 4.90 Å². The average molecular weight is 396 g/mol. The number of nitriles is 1. The van der Waals surface area contributed by atoms with Crippen molar-refractivity contribution >= 4 is 17.1 Å². The van der Waals surface area contributed by atoms with Gasteiger partial charge in [-0.15, -0.1) is 0 Å². The lowest BCUT2D eigenvalue weighted by Gasteiger charge is -2.29. The van der Waals surface area contributed by atoms with Crippen LogP contribution in [-0.4, -0.2) is 18.8 Å². The van der Waals surface area contributed by atoms with Crippen molar-refractivity contribution in [2.75, 3.05) is 11.9 Å². The molecule has 2 aliphatic heterocycles. The Morgan fingerprint density at radius 2 is 1.73 bits per heavy atom. The van der Waals surface area contributed by atoms with E-state index < -0.39 is 0 Å². The summed E-state index contributed by atoms with van der Waals surface area (Å²) in [6.07, 6.45) is 6.84. The molecular weight excluding hydrogens is 366 g/mol. The van der Waals surface area contributed by atoms with Gasteiger partial charge in [0.15, 0.2) is 0 Å². The van der Waals surface area contributed by atoms with Crippen LogP contribution in [0.2, 0.25) is 0 Å². The van der Waals surface area contributed by atoms with Crippen molar-refractivity contribution in [2.45, 2.75) is 51.0 Å². The van der Waals surface area contributed by atoms with Crippen LogP contribution < -0.4 is 4.90 Å². The van der Waals surface area contributed by atoms with Crippen LogP contribution in [0.15, 0.2) is 77.3 Å². The molecule has 0 amide bonds. The van der Waals surface area contributed by atoms with E-state index in [-0.39, 0.29) is 16.9 Å². The average Bonchev–Trinajstić information content (AvgIpc) is 3.10. The Balaban J connectivity index is 1.55. The maximum atomic E-state index is 9.72. The van der Waals surface area contributed by atoms with Crippen molar-refractivity contribution in [1.82, 2.24) is 0 Å². The van der Waals surface area contributed by atoms with Crippen LogP contribution in [0.5, 0.6) is 0 Å². The molecule has 0 fully saturated rings. The Morgan fingerprint density at radius 3 is 2.40 bits per heavy atom. The van der Waals surface area contributed by atoms with Crippen molar-refractivity contribution < 1.29 is 0 Å². The first-order valence-corrected chi connectivity index (χ1v) is 10.5. The second kappa shape index (κ2) is 7.29. The minimum absolute atomic E-state index is 0.0123. The third kappa shape index (κ3) is 3.17. The van der Waals surface area contributed by atoms with E-state index in [1.807, 2.05) is 18.2 Å². The molecule has 0 aliphatic carbocycles. The maximum Gasteiger partial charge on any atom is 0.0988 e. The van der Waals surface area contributed by atoms with Gasteiger partial charge in [-0.3, -0.25) is 4.99 Å². The monoisotopic (exact) mass is 395 g/mol. The third-order valence-corrected chi connectivity index (χ3v) is 6.79. The molecule has 0 radical (unpaired) electrons. The quantitative estimate of drug-likeness (QED) is 0.454. The number of allylic oxidation sites excluding steroid dienone is 3. The number of rotatable bonds is 4. The van der Waals surface area contributed by atoms with Crippen molar-refractivity contribution in [3.63, 3.8) is 0 Å². The highest BCUT2D eigenvalue weighted by Gasteiger charge is 2.41. The van der Waals surface area contributed by atoms with Gasteiger partial charge in [0.2, 0.25) is 0 Å². The molecule has 3 heteroatoms. The molecule has 2 aromatic rings. The van der Waals surface area contributed by atoms with Gasteiger partial charge in [0, 0.05) is 41.3 Å². The molecule has 0 saturated heterocycles. The number of anilines is 1. The van der Waals surface area contributed by atoms with Crippen LogP contribution in [0.25, 0.3) is 0 Å². The summed E-state index contributed by atoms with van der Waals surface area (Å²) in [6.45, 7) is 8.96. The Hall–Kier alpha value is -3.12. The molecule has 0 bridgehead atoms. The molecule has 0 spiro atoms. The minimum atomic E-state index is -0.104. The highest BCUT2D eigenvalue weighted by atomic mass is 15.2. The van der Waals surface area contributed by atoms with Gasteiger partial charge >= 0.3 is 0 Å². The summed E-state index contributed by atoms with van der Waals surface area (Å²) in [6, 6.07) is 19.4. The van der Waals surface area contributed by atoms with E-state index in [2.05, 4.69) is 94.3 Å². The SMILES string of the molecule is CN1c2ccccc2C(C)(C)C1C=CC(C#N)=CCC1=Nc2ccccc2C1(C)C. The summed E-state index contributed by atoms with van der Waals surface area (Å²) in [4.78, 5) is 7.15. The zero-order valence-electron chi connectivity index (χ0n) is 18.5. The van der Waals surface area contributed by atoms with Crippen LogP contribution in [0.3, 0.4) is 0 Å². The van der Waals surface area contributed by atoms with Crippen LogP contribution in [0.1, 0.15) is 45.2 Å². The molecule has 2 aromatic carbocycles. The fraction of sp³-hybridized carbons (Fsp3) is 0.333. The Kier molecular flexibility index (Phi) is 4.90. The van der Waals surface area contributed by atoms with Gasteiger partial charge in [0.25, 0.3) is 0 Å². The van der Waals surface area contributed by atoms with Crippen molar-refractivity contribution in [3.8, 4) is 6.07 Å². The van der Waals surface area contributed by atoms with E-state index in [0.717, 1.165) is 11.4 Å². The van der Waals surface area contributed by atoms with Gasteiger partial charge in [-0.2, -0.15) is 5.26 Å². The molecule has 2 heterocycles. The summed E-state index contributed by atoms with van der Waals surface area (Å²) < 4.78 is 0. The van der Waals surface area contributed by atoms with Gasteiger partial charge in [-0.05, 0) is 29.3 Å². The first kappa shape index (κ1) is 20.2. The predicted molar refractivity (Wildman–Crippen MR) is 126 cm³/mol. The largest absolute Gasteiger partial charge is 0.367 e. The number of benzene rings is 2. The molecule has 152 valence electrons. The second-order valence-corrected chi connectivity index (χ2v) is 9.33. The number of fused-ring (bicyclic) bond motifs is 2. The van der Waals surface area contributed by atoms with Gasteiger partial charge in [0.05, 0.1) is 17.8 Å². The van der Waals surface area contributed by atoms with Crippen LogP contribution in [0.4, 0.5) is 11.4 Å². The molecular formula is C27H29N3. The fourth-order valence-corrected chi connectivity index (χ4v) is 4.88. The first-order chi connectivity index (χ1) is 14.3. The second-order valence-electron chi connectivity index (χ2n) is 9.33. The van der Waals surface area contributed by atoms with Crippen LogP contribution in [0, 0.1) is 11.3 Å². The fourth-order valence-electron chi connectivity index (χ4n) is 4.88. The smallest absolute Gasteiger partial charge is 0.0988 e.